The van der Waals surface area contributed by atoms with Crippen LogP contribution >= 0.6 is 0 Å². The van der Waals surface area contributed by atoms with Gasteiger partial charge in [0, 0.05) is 6.08 Å². The Hall–Kier alpha value is -2.95. The summed E-state index contributed by atoms with van der Waals surface area (Å²) in [7, 11) is 3.24. The van der Waals surface area contributed by atoms with Crippen LogP contribution in [0.4, 0.5) is 0 Å². The minimum absolute atomic E-state index is 0.116. The fourth-order valence-electron chi connectivity index (χ4n) is 2.11. The first kappa shape index (κ1) is 18.4. The van der Waals surface area contributed by atoms with Crippen LogP contribution < -0.4 is 19.5 Å². The molecule has 0 aliphatic carbocycles. The van der Waals surface area contributed by atoms with Crippen molar-refractivity contribution < 1.29 is 19.0 Å². The van der Waals surface area contributed by atoms with Gasteiger partial charge in [-0.05, 0) is 55.0 Å². The highest BCUT2D eigenvalue weighted by Crippen LogP contribution is 2.17. The van der Waals surface area contributed by atoms with E-state index in [1.165, 1.54) is 6.08 Å². The van der Waals surface area contributed by atoms with Crippen LogP contribution in [0.2, 0.25) is 0 Å². The standard InChI is InChI=1S/C20H23NO4/c1-15(14-25-19-11-9-18(24-3)10-12-19)21-20(22)13-6-16-4-7-17(23-2)8-5-16/h4-13,15H,14H2,1-3H3,(H,21,22)/b13-6+. The first-order chi connectivity index (χ1) is 12.1. The van der Waals surface area contributed by atoms with Gasteiger partial charge in [0.25, 0.3) is 0 Å². The number of amides is 1. The van der Waals surface area contributed by atoms with E-state index in [0.717, 1.165) is 22.8 Å². The van der Waals surface area contributed by atoms with Crippen molar-refractivity contribution in [2.45, 2.75) is 13.0 Å². The molecule has 1 amide bonds. The largest absolute Gasteiger partial charge is 0.497 e. The molecule has 0 saturated carbocycles. The maximum Gasteiger partial charge on any atom is 0.244 e. The Morgan fingerprint density at radius 2 is 1.48 bits per heavy atom. The van der Waals surface area contributed by atoms with E-state index in [-0.39, 0.29) is 11.9 Å². The summed E-state index contributed by atoms with van der Waals surface area (Å²) in [5.41, 5.74) is 0.929. The second-order valence-corrected chi connectivity index (χ2v) is 5.50. The molecule has 1 atom stereocenters. The maximum absolute atomic E-state index is 12.0. The first-order valence-electron chi connectivity index (χ1n) is 8.00. The molecule has 5 nitrogen and oxygen atoms in total. The lowest BCUT2D eigenvalue weighted by Gasteiger charge is -2.14. The molecule has 1 unspecified atom stereocenters. The SMILES string of the molecule is COc1ccc(/C=C/C(=O)NC(C)COc2ccc(OC)cc2)cc1. The first-order valence-corrected chi connectivity index (χ1v) is 8.00. The van der Waals surface area contributed by atoms with Crippen LogP contribution in [-0.4, -0.2) is 32.8 Å². The van der Waals surface area contributed by atoms with E-state index in [0.29, 0.717) is 6.61 Å². The lowest BCUT2D eigenvalue weighted by Crippen LogP contribution is -2.35. The van der Waals surface area contributed by atoms with Crippen molar-refractivity contribution in [3.63, 3.8) is 0 Å². The summed E-state index contributed by atoms with van der Waals surface area (Å²) in [5, 5.41) is 2.87. The molecule has 2 rings (SSSR count). The molecular weight excluding hydrogens is 318 g/mol. The minimum Gasteiger partial charge on any atom is -0.497 e. The molecule has 0 saturated heterocycles. The predicted molar refractivity (Wildman–Crippen MR) is 98.1 cm³/mol. The Morgan fingerprint density at radius 3 is 2.04 bits per heavy atom. The van der Waals surface area contributed by atoms with Gasteiger partial charge < -0.3 is 19.5 Å². The second-order valence-electron chi connectivity index (χ2n) is 5.50. The number of ether oxygens (including phenoxy) is 3. The molecule has 2 aromatic rings. The fraction of sp³-hybridized carbons (Fsp3) is 0.250. The third-order valence-corrected chi connectivity index (χ3v) is 3.49. The van der Waals surface area contributed by atoms with Crippen molar-refractivity contribution in [1.29, 1.82) is 0 Å². The smallest absolute Gasteiger partial charge is 0.244 e. The second kappa shape index (κ2) is 9.37. The molecule has 1 N–H and O–H groups in total. The van der Waals surface area contributed by atoms with Gasteiger partial charge in [0.1, 0.15) is 23.9 Å². The molecule has 25 heavy (non-hydrogen) atoms. The summed E-state index contributed by atoms with van der Waals surface area (Å²) in [5.74, 6) is 2.13. The summed E-state index contributed by atoms with van der Waals surface area (Å²) < 4.78 is 15.8. The van der Waals surface area contributed by atoms with Gasteiger partial charge in [0.2, 0.25) is 5.91 Å². The molecule has 2 aromatic carbocycles. The molecule has 132 valence electrons. The lowest BCUT2D eigenvalue weighted by atomic mass is 10.2. The third-order valence-electron chi connectivity index (χ3n) is 3.49. The van der Waals surface area contributed by atoms with E-state index < -0.39 is 0 Å². The quantitative estimate of drug-likeness (QED) is 0.749. The van der Waals surface area contributed by atoms with Gasteiger partial charge >= 0.3 is 0 Å². The number of carbonyl (C=O) groups excluding carboxylic acids is 1. The van der Waals surface area contributed by atoms with Gasteiger partial charge in [-0.15, -0.1) is 0 Å². The van der Waals surface area contributed by atoms with Crippen LogP contribution in [-0.2, 0) is 4.79 Å². The van der Waals surface area contributed by atoms with Crippen molar-refractivity contribution in [2.24, 2.45) is 0 Å². The summed E-state index contributed by atoms with van der Waals surface area (Å²) in [6.45, 7) is 2.27. The molecule has 0 aliphatic rings. The van der Waals surface area contributed by atoms with Crippen molar-refractivity contribution >= 4 is 12.0 Å². The van der Waals surface area contributed by atoms with E-state index in [1.807, 2.05) is 55.5 Å². The zero-order valence-corrected chi connectivity index (χ0v) is 14.7. The fourth-order valence-corrected chi connectivity index (χ4v) is 2.11. The number of methoxy groups -OCH3 is 2. The van der Waals surface area contributed by atoms with Crippen molar-refractivity contribution in [1.82, 2.24) is 5.32 Å². The number of hydrogen-bond donors (Lipinski definition) is 1. The van der Waals surface area contributed by atoms with E-state index in [2.05, 4.69) is 5.32 Å². The number of rotatable bonds is 8. The van der Waals surface area contributed by atoms with Crippen LogP contribution in [0.3, 0.4) is 0 Å². The van der Waals surface area contributed by atoms with Crippen LogP contribution in [0.25, 0.3) is 6.08 Å². The highest BCUT2D eigenvalue weighted by atomic mass is 16.5. The van der Waals surface area contributed by atoms with Crippen LogP contribution in [0.5, 0.6) is 17.2 Å². The zero-order chi connectivity index (χ0) is 18.1. The number of carbonyl (C=O) groups is 1. The molecule has 0 fully saturated rings. The Bertz CT molecular complexity index is 693. The molecule has 0 aromatic heterocycles. The zero-order valence-electron chi connectivity index (χ0n) is 14.7. The number of nitrogens with one attached hydrogen (secondary N) is 1. The molecule has 0 heterocycles. The van der Waals surface area contributed by atoms with E-state index in [1.54, 1.807) is 20.3 Å². The summed E-state index contributed by atoms with van der Waals surface area (Å²) in [4.78, 5) is 12.0. The van der Waals surface area contributed by atoms with Crippen molar-refractivity contribution in [2.75, 3.05) is 20.8 Å². The highest BCUT2D eigenvalue weighted by Gasteiger charge is 2.06. The van der Waals surface area contributed by atoms with Gasteiger partial charge in [0.05, 0.1) is 20.3 Å². The summed E-state index contributed by atoms with van der Waals surface area (Å²) in [6, 6.07) is 14.7. The average Bonchev–Trinajstić information content (AvgIpc) is 2.65. The monoisotopic (exact) mass is 341 g/mol. The van der Waals surface area contributed by atoms with E-state index >= 15 is 0 Å². The van der Waals surface area contributed by atoms with Gasteiger partial charge in [-0.25, -0.2) is 0 Å². The molecule has 0 radical (unpaired) electrons. The van der Waals surface area contributed by atoms with Crippen LogP contribution in [0, 0.1) is 0 Å². The van der Waals surface area contributed by atoms with Crippen LogP contribution in [0.1, 0.15) is 12.5 Å². The molecular formula is C20H23NO4. The predicted octanol–water partition coefficient (Wildman–Crippen LogP) is 3.30. The third kappa shape index (κ3) is 6.22. The Labute approximate surface area is 148 Å². The van der Waals surface area contributed by atoms with Gasteiger partial charge in [-0.1, -0.05) is 12.1 Å². The van der Waals surface area contributed by atoms with Gasteiger partial charge in [0.15, 0.2) is 0 Å². The number of benzene rings is 2. The van der Waals surface area contributed by atoms with E-state index in [4.69, 9.17) is 14.2 Å². The average molecular weight is 341 g/mol. The minimum atomic E-state index is -0.165. The topological polar surface area (TPSA) is 56.8 Å². The van der Waals surface area contributed by atoms with Crippen LogP contribution in [0.15, 0.2) is 54.6 Å². The van der Waals surface area contributed by atoms with Gasteiger partial charge in [-0.3, -0.25) is 4.79 Å². The molecule has 0 spiro atoms. The normalized spacial score (nSPS) is 11.8. The maximum atomic E-state index is 12.0. The Balaban J connectivity index is 1.77. The van der Waals surface area contributed by atoms with Crippen molar-refractivity contribution in [3.8, 4) is 17.2 Å². The lowest BCUT2D eigenvalue weighted by molar-refractivity contribution is -0.117. The Morgan fingerprint density at radius 1 is 0.960 bits per heavy atom. The molecule has 0 bridgehead atoms. The van der Waals surface area contributed by atoms with Gasteiger partial charge in [-0.2, -0.15) is 0 Å². The highest BCUT2D eigenvalue weighted by molar-refractivity contribution is 5.91. The number of hydrogen-bond acceptors (Lipinski definition) is 4. The summed E-state index contributed by atoms with van der Waals surface area (Å²) >= 11 is 0. The molecule has 0 aliphatic heterocycles. The Kier molecular flexibility index (Phi) is 6.89. The summed E-state index contributed by atoms with van der Waals surface area (Å²) in [6.07, 6.45) is 3.26. The van der Waals surface area contributed by atoms with Crippen molar-refractivity contribution in [3.05, 3.63) is 60.2 Å². The van der Waals surface area contributed by atoms with E-state index in [9.17, 15) is 4.79 Å². The molecule has 5 heteroatoms.